The average molecular weight is 609 g/mol. The molecule has 2 aliphatic rings. The van der Waals surface area contributed by atoms with Gasteiger partial charge in [0.2, 0.25) is 29.5 Å². The third kappa shape index (κ3) is 9.71. The van der Waals surface area contributed by atoms with Crippen molar-refractivity contribution in [3.05, 3.63) is 17.5 Å². The number of nitrogens with zero attached hydrogens (tertiary/aromatic N) is 1. The monoisotopic (exact) mass is 608 g/mol. The van der Waals surface area contributed by atoms with Crippen molar-refractivity contribution in [2.45, 2.75) is 107 Å². The van der Waals surface area contributed by atoms with Crippen molar-refractivity contribution in [3.8, 4) is 0 Å². The maximum atomic E-state index is 13.9. The first-order chi connectivity index (χ1) is 19.2. The van der Waals surface area contributed by atoms with Crippen LogP contribution in [0.5, 0.6) is 0 Å². The van der Waals surface area contributed by atoms with Crippen LogP contribution in [-0.2, 0) is 24.0 Å². The summed E-state index contributed by atoms with van der Waals surface area (Å²) >= 11 is 3.06. The van der Waals surface area contributed by atoms with E-state index < -0.39 is 53.5 Å². The number of hydrogen-bond acceptors (Lipinski definition) is 8. The SMILES string of the molecule is CC(C)C[C@@H]1NC(=O)[C@@H]2CCCN2[C@H](C(=O)NC(C)(C)C)[C@H](CSc2cccs2)NC(=O)[C@H](CCC(N)=O)NC1=O. The van der Waals surface area contributed by atoms with Crippen molar-refractivity contribution in [2.24, 2.45) is 11.7 Å². The van der Waals surface area contributed by atoms with Gasteiger partial charge in [-0.1, -0.05) is 19.9 Å². The number of thioether (sulfide) groups is 1. The Balaban J connectivity index is 2.06. The Labute approximate surface area is 250 Å². The van der Waals surface area contributed by atoms with Gasteiger partial charge in [0.25, 0.3) is 0 Å². The average Bonchev–Trinajstić information content (AvgIpc) is 3.55. The van der Waals surface area contributed by atoms with Gasteiger partial charge in [-0.3, -0.25) is 28.9 Å². The van der Waals surface area contributed by atoms with Crippen molar-refractivity contribution >= 4 is 52.6 Å². The van der Waals surface area contributed by atoms with Crippen LogP contribution in [-0.4, -0.2) is 82.5 Å². The van der Waals surface area contributed by atoms with Gasteiger partial charge >= 0.3 is 0 Å². The van der Waals surface area contributed by atoms with Crippen molar-refractivity contribution in [2.75, 3.05) is 12.3 Å². The predicted octanol–water partition coefficient (Wildman–Crippen LogP) is 1.37. The third-order valence-electron chi connectivity index (χ3n) is 6.98. The highest BCUT2D eigenvalue weighted by Gasteiger charge is 2.45. The van der Waals surface area contributed by atoms with E-state index >= 15 is 0 Å². The fraction of sp³-hybridized carbons (Fsp3) is 0.679. The molecule has 1 aromatic heterocycles. The van der Waals surface area contributed by atoms with E-state index in [4.69, 9.17) is 5.73 Å². The molecule has 0 unspecified atom stereocenters. The van der Waals surface area contributed by atoms with Gasteiger partial charge in [-0.25, -0.2) is 0 Å². The summed E-state index contributed by atoms with van der Waals surface area (Å²) in [5, 5.41) is 13.7. The van der Waals surface area contributed by atoms with E-state index in [-0.39, 0.29) is 30.6 Å². The lowest BCUT2D eigenvalue weighted by Gasteiger charge is -2.39. The summed E-state index contributed by atoms with van der Waals surface area (Å²) in [5.41, 5.74) is 4.83. The van der Waals surface area contributed by atoms with E-state index in [0.717, 1.165) is 4.21 Å². The molecule has 6 N–H and O–H groups in total. The summed E-state index contributed by atoms with van der Waals surface area (Å²) in [6.07, 6.45) is 1.46. The molecule has 0 bridgehead atoms. The van der Waals surface area contributed by atoms with Crippen LogP contribution >= 0.6 is 23.1 Å². The fourth-order valence-electron chi connectivity index (χ4n) is 5.22. The normalized spacial score (nSPS) is 26.3. The second-order valence-electron chi connectivity index (χ2n) is 12.2. The van der Waals surface area contributed by atoms with Gasteiger partial charge in [-0.05, 0) is 70.4 Å². The lowest BCUT2D eigenvalue weighted by atomic mass is 9.99. The molecule has 2 fully saturated rings. The molecule has 0 spiro atoms. The summed E-state index contributed by atoms with van der Waals surface area (Å²) < 4.78 is 1.02. The number of carbonyl (C=O) groups excluding carboxylic acids is 5. The van der Waals surface area contributed by atoms with Crippen LogP contribution in [0.1, 0.15) is 66.7 Å². The molecule has 0 radical (unpaired) electrons. The number of carbonyl (C=O) groups is 5. The van der Waals surface area contributed by atoms with E-state index in [2.05, 4.69) is 21.3 Å². The molecule has 41 heavy (non-hydrogen) atoms. The molecule has 3 rings (SSSR count). The first kappa shape index (κ1) is 32.9. The Hall–Kier alpha value is -2.64. The van der Waals surface area contributed by atoms with Crippen LogP contribution in [0.4, 0.5) is 0 Å². The van der Waals surface area contributed by atoms with E-state index in [0.29, 0.717) is 31.6 Å². The van der Waals surface area contributed by atoms with Crippen molar-refractivity contribution in [1.29, 1.82) is 0 Å². The molecule has 2 saturated heterocycles. The number of amides is 5. The molecule has 13 heteroatoms. The second kappa shape index (κ2) is 14.5. The highest BCUT2D eigenvalue weighted by molar-refractivity contribution is 8.01. The van der Waals surface area contributed by atoms with Crippen LogP contribution in [0, 0.1) is 5.92 Å². The Morgan fingerprint density at radius 3 is 2.41 bits per heavy atom. The van der Waals surface area contributed by atoms with E-state index in [1.807, 2.05) is 57.0 Å². The van der Waals surface area contributed by atoms with E-state index in [1.165, 1.54) is 11.8 Å². The maximum Gasteiger partial charge on any atom is 0.243 e. The van der Waals surface area contributed by atoms with Crippen molar-refractivity contribution < 1.29 is 24.0 Å². The van der Waals surface area contributed by atoms with Gasteiger partial charge in [0.05, 0.1) is 16.3 Å². The standard InChI is InChI=1S/C28H44N6O5S2/c1-16(2)14-18-25(37)30-17(10-11-21(29)35)24(36)32-19(15-41-22-9-7-13-40-22)23(27(39)33-28(3,4)5)34-12-6-8-20(34)26(38)31-18/h7,9,13,16-20,23H,6,8,10-12,14-15H2,1-5H3,(H2,29,35)(H,30,37)(H,31,38)(H,32,36)(H,33,39)/t17-,18-,19-,20-,23-/m0/s1. The number of hydrogen-bond donors (Lipinski definition) is 5. The molecule has 0 aromatic carbocycles. The fourth-order valence-corrected chi connectivity index (χ4v) is 7.10. The van der Waals surface area contributed by atoms with Gasteiger partial charge in [-0.15, -0.1) is 23.1 Å². The Morgan fingerprint density at radius 1 is 1.12 bits per heavy atom. The molecule has 0 aliphatic carbocycles. The number of primary amides is 1. The molecule has 5 atom stereocenters. The molecule has 0 saturated carbocycles. The number of thiophene rings is 1. The van der Waals surface area contributed by atoms with Gasteiger partial charge in [0.1, 0.15) is 18.1 Å². The first-order valence-corrected chi connectivity index (χ1v) is 16.0. The molecule has 2 aliphatic heterocycles. The van der Waals surface area contributed by atoms with Crippen molar-refractivity contribution in [3.63, 3.8) is 0 Å². The highest BCUT2D eigenvalue weighted by atomic mass is 32.2. The van der Waals surface area contributed by atoms with Gasteiger partial charge < -0.3 is 27.0 Å². The van der Waals surface area contributed by atoms with Gasteiger partial charge in [0.15, 0.2) is 0 Å². The lowest BCUT2D eigenvalue weighted by Crippen LogP contribution is -2.67. The second-order valence-corrected chi connectivity index (χ2v) is 14.5. The number of nitrogens with two attached hydrogens (primary N) is 1. The number of fused-ring (bicyclic) bond motifs is 1. The van der Waals surface area contributed by atoms with Gasteiger partial charge in [-0.2, -0.15) is 0 Å². The van der Waals surface area contributed by atoms with Gasteiger partial charge in [0, 0.05) is 17.7 Å². The zero-order chi connectivity index (χ0) is 30.3. The van der Waals surface area contributed by atoms with Crippen LogP contribution in [0.2, 0.25) is 0 Å². The number of nitrogens with one attached hydrogen (secondary N) is 4. The highest BCUT2D eigenvalue weighted by Crippen LogP contribution is 2.29. The summed E-state index contributed by atoms with van der Waals surface area (Å²) in [4.78, 5) is 68.3. The Morgan fingerprint density at radius 2 is 1.80 bits per heavy atom. The largest absolute Gasteiger partial charge is 0.370 e. The molecular formula is C28H44N6O5S2. The maximum absolute atomic E-state index is 13.9. The quantitative estimate of drug-likeness (QED) is 0.265. The Bertz CT molecular complexity index is 1090. The third-order valence-corrected chi connectivity index (χ3v) is 9.23. The molecular weight excluding hydrogens is 564 g/mol. The topological polar surface area (TPSA) is 163 Å². The summed E-state index contributed by atoms with van der Waals surface area (Å²) in [7, 11) is 0. The molecule has 228 valence electrons. The zero-order valence-corrected chi connectivity index (χ0v) is 26.2. The molecule has 1 aromatic rings. The van der Waals surface area contributed by atoms with Crippen LogP contribution in [0.25, 0.3) is 0 Å². The summed E-state index contributed by atoms with van der Waals surface area (Å²) in [6, 6.07) is -0.238. The zero-order valence-electron chi connectivity index (χ0n) is 24.5. The minimum absolute atomic E-state index is 0.00870. The van der Waals surface area contributed by atoms with Crippen molar-refractivity contribution in [1.82, 2.24) is 26.2 Å². The van der Waals surface area contributed by atoms with Crippen LogP contribution in [0.15, 0.2) is 21.7 Å². The van der Waals surface area contributed by atoms with E-state index in [1.54, 1.807) is 11.3 Å². The van der Waals surface area contributed by atoms with E-state index in [9.17, 15) is 24.0 Å². The van der Waals surface area contributed by atoms with Crippen LogP contribution in [0.3, 0.4) is 0 Å². The predicted molar refractivity (Wildman–Crippen MR) is 160 cm³/mol. The Kier molecular flexibility index (Phi) is 11.6. The minimum atomic E-state index is -1.07. The molecule has 11 nitrogen and oxygen atoms in total. The lowest BCUT2D eigenvalue weighted by molar-refractivity contribution is -0.138. The molecule has 3 heterocycles. The summed E-state index contributed by atoms with van der Waals surface area (Å²) in [5.74, 6) is -1.77. The smallest absolute Gasteiger partial charge is 0.243 e. The summed E-state index contributed by atoms with van der Waals surface area (Å²) in [6.45, 7) is 10.0. The minimum Gasteiger partial charge on any atom is -0.370 e. The first-order valence-electron chi connectivity index (χ1n) is 14.2. The van der Waals surface area contributed by atoms with Crippen LogP contribution < -0.4 is 27.0 Å². The number of rotatable bonds is 9. The molecule has 5 amide bonds.